The number of likely N-dealkylation sites (tertiary alicyclic amines) is 1. The van der Waals surface area contributed by atoms with Crippen molar-refractivity contribution in [2.45, 2.75) is 102 Å². The van der Waals surface area contributed by atoms with Gasteiger partial charge in [-0.25, -0.2) is 17.9 Å². The third-order valence-corrected chi connectivity index (χ3v) is 11.1. The van der Waals surface area contributed by atoms with Crippen molar-refractivity contribution in [3.05, 3.63) is 43.1 Å². The van der Waals surface area contributed by atoms with Gasteiger partial charge in [0, 0.05) is 43.1 Å². The van der Waals surface area contributed by atoms with E-state index in [1.54, 1.807) is 64.4 Å². The van der Waals surface area contributed by atoms with Crippen LogP contribution in [0.2, 0.25) is 0 Å². The minimum atomic E-state index is -3.54. The Morgan fingerprint density at radius 2 is 1.86 bits per heavy atom. The summed E-state index contributed by atoms with van der Waals surface area (Å²) in [6.07, 6.45) is 4.70. The van der Waals surface area contributed by atoms with Gasteiger partial charge in [0.2, 0.25) is 15.9 Å². The number of carbonyl (C=O) groups is 3. The van der Waals surface area contributed by atoms with E-state index in [9.17, 15) is 22.8 Å². The van der Waals surface area contributed by atoms with Crippen molar-refractivity contribution in [3.63, 3.8) is 0 Å². The Labute approximate surface area is 288 Å². The van der Waals surface area contributed by atoms with E-state index in [0.29, 0.717) is 48.1 Å². The number of nitrogens with one attached hydrogen (secondary N) is 3. The van der Waals surface area contributed by atoms with E-state index in [1.807, 2.05) is 20.8 Å². The van der Waals surface area contributed by atoms with Crippen molar-refractivity contribution in [3.8, 4) is 11.5 Å². The van der Waals surface area contributed by atoms with Gasteiger partial charge >= 0.3 is 6.09 Å². The quantitative estimate of drug-likeness (QED) is 0.278. The molecule has 2 aliphatic carbocycles. The van der Waals surface area contributed by atoms with Crippen molar-refractivity contribution in [2.24, 2.45) is 11.3 Å². The second-order valence-corrected chi connectivity index (χ2v) is 17.4. The van der Waals surface area contributed by atoms with Crippen LogP contribution in [0.1, 0.15) is 73.6 Å². The Kier molecular flexibility index (Phi) is 9.71. The molecular formula is C35H49N5O8S. The lowest BCUT2D eigenvalue weighted by Gasteiger charge is -2.42. The van der Waals surface area contributed by atoms with Crippen molar-refractivity contribution < 1.29 is 37.0 Å². The monoisotopic (exact) mass is 699 g/mol. The van der Waals surface area contributed by atoms with E-state index in [2.05, 4.69) is 26.9 Å². The van der Waals surface area contributed by atoms with Crippen LogP contribution < -0.4 is 24.8 Å². The van der Waals surface area contributed by atoms with Crippen LogP contribution in [0.5, 0.6) is 11.5 Å². The number of aromatic nitrogens is 1. The number of sulfonamides is 1. The highest BCUT2D eigenvalue weighted by Gasteiger charge is 2.61. The number of hydrogen-bond acceptors (Lipinski definition) is 9. The molecule has 4 unspecified atom stereocenters. The standard InChI is InChI=1S/C35H49N5O8S/c1-9-22-20-34(22,21-37-49(44,45)24-12-13-24)39-30(42)35(47-27-15-17-36-26-19-23(46-8)11-14-25(26)27)16-10-18-40(35)29(41)28(32(2,3)4)38-31(43)48-33(5,6)7/h9,11,14-15,17,19,22,24,28,37H,1,10,12-13,16,18,20-21H2,2-8H3,(H,38,43)(H,39,42). The Balaban J connectivity index is 1.54. The molecule has 2 saturated carbocycles. The molecule has 4 atom stereocenters. The van der Waals surface area contributed by atoms with Gasteiger partial charge in [0.25, 0.3) is 11.6 Å². The van der Waals surface area contributed by atoms with E-state index in [-0.39, 0.29) is 25.4 Å². The maximum absolute atomic E-state index is 14.8. The molecule has 5 rings (SSSR count). The molecule has 1 aromatic carbocycles. The lowest BCUT2D eigenvalue weighted by atomic mass is 9.85. The van der Waals surface area contributed by atoms with Crippen LogP contribution in [0.15, 0.2) is 43.1 Å². The fourth-order valence-corrected chi connectivity index (χ4v) is 7.73. The average molecular weight is 700 g/mol. The first kappa shape index (κ1) is 36.4. The summed E-state index contributed by atoms with van der Waals surface area (Å²) in [7, 11) is -1.99. The van der Waals surface area contributed by atoms with Crippen LogP contribution in [0.3, 0.4) is 0 Å². The summed E-state index contributed by atoms with van der Waals surface area (Å²) in [6.45, 7) is 14.7. The van der Waals surface area contributed by atoms with Gasteiger partial charge in [0.15, 0.2) is 0 Å². The maximum atomic E-state index is 14.8. The highest BCUT2D eigenvalue weighted by atomic mass is 32.2. The molecule has 3 aliphatic rings. The van der Waals surface area contributed by atoms with E-state index >= 15 is 0 Å². The summed E-state index contributed by atoms with van der Waals surface area (Å²) >= 11 is 0. The Hall–Kier alpha value is -3.91. The van der Waals surface area contributed by atoms with Crippen LogP contribution in [0.25, 0.3) is 10.9 Å². The number of benzene rings is 1. The number of fused-ring (bicyclic) bond motifs is 1. The molecule has 268 valence electrons. The number of nitrogens with zero attached hydrogens (tertiary/aromatic N) is 2. The van der Waals surface area contributed by atoms with Crippen molar-refractivity contribution in [1.29, 1.82) is 0 Å². The second-order valence-electron chi connectivity index (χ2n) is 15.3. The minimum Gasteiger partial charge on any atom is -0.497 e. The van der Waals surface area contributed by atoms with Crippen LogP contribution in [-0.4, -0.2) is 84.6 Å². The third kappa shape index (κ3) is 7.80. The molecule has 0 radical (unpaired) electrons. The van der Waals surface area contributed by atoms with Crippen molar-refractivity contribution in [2.75, 3.05) is 20.2 Å². The molecular weight excluding hydrogens is 650 g/mol. The number of amides is 3. The predicted octanol–water partition coefficient (Wildman–Crippen LogP) is 4.02. The minimum absolute atomic E-state index is 0.0267. The van der Waals surface area contributed by atoms with E-state index in [1.165, 1.54) is 4.90 Å². The summed E-state index contributed by atoms with van der Waals surface area (Å²) in [5, 5.41) is 6.02. The lowest BCUT2D eigenvalue weighted by Crippen LogP contribution is -2.67. The molecule has 3 fully saturated rings. The Morgan fingerprint density at radius 1 is 1.14 bits per heavy atom. The van der Waals surface area contributed by atoms with Gasteiger partial charge in [-0.1, -0.05) is 26.8 Å². The molecule has 1 aliphatic heterocycles. The topological polar surface area (TPSA) is 165 Å². The number of methoxy groups -OCH3 is 1. The van der Waals surface area contributed by atoms with E-state index in [0.717, 1.165) is 0 Å². The molecule has 3 N–H and O–H groups in total. The Morgan fingerprint density at radius 3 is 2.45 bits per heavy atom. The zero-order chi connectivity index (χ0) is 36.0. The van der Waals surface area contributed by atoms with E-state index < -0.39 is 61.5 Å². The molecule has 3 amide bonds. The zero-order valence-electron chi connectivity index (χ0n) is 29.4. The average Bonchev–Trinajstić information content (AvgIpc) is 3.94. The van der Waals surface area contributed by atoms with Crippen LogP contribution in [-0.2, 0) is 24.3 Å². The van der Waals surface area contributed by atoms with Gasteiger partial charge in [-0.2, -0.15) is 0 Å². The molecule has 49 heavy (non-hydrogen) atoms. The molecule has 0 bridgehead atoms. The van der Waals surface area contributed by atoms with Crippen molar-refractivity contribution >= 4 is 38.8 Å². The summed E-state index contributed by atoms with van der Waals surface area (Å²) in [5.41, 5.74) is -3.85. The number of hydrogen-bond donors (Lipinski definition) is 3. The van der Waals surface area contributed by atoms with Gasteiger partial charge in [-0.3, -0.25) is 19.5 Å². The summed E-state index contributed by atoms with van der Waals surface area (Å²) in [6, 6.07) is 5.81. The molecule has 14 heteroatoms. The molecule has 1 saturated heterocycles. The highest BCUT2D eigenvalue weighted by Crippen LogP contribution is 2.46. The largest absolute Gasteiger partial charge is 0.497 e. The number of pyridine rings is 1. The molecule has 1 aromatic heterocycles. The van der Waals surface area contributed by atoms with Gasteiger partial charge in [0.1, 0.15) is 23.1 Å². The van der Waals surface area contributed by atoms with Gasteiger partial charge in [-0.15, -0.1) is 6.58 Å². The predicted molar refractivity (Wildman–Crippen MR) is 184 cm³/mol. The second kappa shape index (κ2) is 13.1. The normalized spacial score (nSPS) is 24.6. The first-order valence-corrected chi connectivity index (χ1v) is 18.3. The van der Waals surface area contributed by atoms with Crippen LogP contribution >= 0.6 is 0 Å². The smallest absolute Gasteiger partial charge is 0.408 e. The number of rotatable bonds is 12. The van der Waals surface area contributed by atoms with Crippen LogP contribution in [0, 0.1) is 11.3 Å². The zero-order valence-corrected chi connectivity index (χ0v) is 30.2. The molecule has 0 spiro atoms. The number of alkyl carbamates (subject to hydrolysis) is 1. The SMILES string of the molecule is C=CC1CC1(CNS(=O)(=O)C1CC1)NC(=O)C1(Oc2ccnc3cc(OC)ccc23)CCCN1C(=O)C(NC(=O)OC(C)(C)C)C(C)(C)C. The fourth-order valence-electron chi connectivity index (χ4n) is 6.28. The van der Waals surface area contributed by atoms with Crippen molar-refractivity contribution in [1.82, 2.24) is 25.2 Å². The van der Waals surface area contributed by atoms with Gasteiger partial charge < -0.3 is 24.8 Å². The summed E-state index contributed by atoms with van der Waals surface area (Å²) in [5.74, 6) is -0.425. The van der Waals surface area contributed by atoms with Gasteiger partial charge in [0.05, 0.1) is 23.4 Å². The maximum Gasteiger partial charge on any atom is 0.408 e. The molecule has 2 heterocycles. The molecule has 2 aromatic rings. The Bertz CT molecular complexity index is 1730. The molecule has 13 nitrogen and oxygen atoms in total. The van der Waals surface area contributed by atoms with Crippen LogP contribution in [0.4, 0.5) is 4.79 Å². The number of ether oxygens (including phenoxy) is 3. The summed E-state index contributed by atoms with van der Waals surface area (Å²) < 4.78 is 45.9. The van der Waals surface area contributed by atoms with Gasteiger partial charge in [-0.05, 0) is 70.1 Å². The summed E-state index contributed by atoms with van der Waals surface area (Å²) in [4.78, 5) is 48.3. The third-order valence-electron chi connectivity index (χ3n) is 9.25. The highest BCUT2D eigenvalue weighted by molar-refractivity contribution is 7.90. The fraction of sp³-hybridized carbons (Fsp3) is 0.600. The number of carbonyl (C=O) groups excluding carboxylic acids is 3. The first-order valence-electron chi connectivity index (χ1n) is 16.7. The van der Waals surface area contributed by atoms with E-state index in [4.69, 9.17) is 14.2 Å². The lowest BCUT2D eigenvalue weighted by molar-refractivity contribution is -0.166. The first-order chi connectivity index (χ1) is 22.8.